The Morgan fingerprint density at radius 1 is 1.56 bits per heavy atom. The molecule has 0 aliphatic heterocycles. The van der Waals surface area contributed by atoms with Crippen molar-refractivity contribution in [3.05, 3.63) is 11.1 Å². The Morgan fingerprint density at radius 3 is 2.69 bits per heavy atom. The third kappa shape index (κ3) is 3.50. The smallest absolute Gasteiger partial charge is 0.326 e. The zero-order valence-electron chi connectivity index (χ0n) is 8.64. The predicted molar refractivity (Wildman–Crippen MR) is 58.8 cm³/mol. The number of carbonyl (C=O) groups is 2. The fourth-order valence-corrected chi connectivity index (χ4v) is 1.91. The van der Waals surface area contributed by atoms with E-state index in [-0.39, 0.29) is 0 Å². The lowest BCUT2D eigenvalue weighted by Crippen LogP contribution is -2.31. The van der Waals surface area contributed by atoms with Gasteiger partial charge in [-0.1, -0.05) is 6.92 Å². The van der Waals surface area contributed by atoms with Crippen LogP contribution in [0.3, 0.4) is 0 Å². The number of nitrogens with zero attached hydrogens (tertiary/aromatic N) is 1. The van der Waals surface area contributed by atoms with Crippen molar-refractivity contribution in [3.63, 3.8) is 0 Å². The van der Waals surface area contributed by atoms with E-state index in [1.54, 1.807) is 0 Å². The highest BCUT2D eigenvalue weighted by atomic mass is 32.1. The van der Waals surface area contributed by atoms with Gasteiger partial charge in [-0.2, -0.15) is 0 Å². The van der Waals surface area contributed by atoms with E-state index in [4.69, 9.17) is 10.2 Å². The minimum atomic E-state index is -1.20. The quantitative estimate of drug-likeness (QED) is 0.691. The van der Waals surface area contributed by atoms with E-state index in [0.29, 0.717) is 5.13 Å². The maximum absolute atomic E-state index is 10.8. The molecule has 0 saturated heterocycles. The minimum absolute atomic E-state index is 0.436. The fourth-order valence-electron chi connectivity index (χ4n) is 1.06. The molecule has 0 bridgehead atoms. The maximum Gasteiger partial charge on any atom is 0.326 e. The topological polar surface area (TPSA) is 99.5 Å². The van der Waals surface area contributed by atoms with Crippen molar-refractivity contribution in [3.8, 4) is 0 Å². The van der Waals surface area contributed by atoms with Gasteiger partial charge in [0, 0.05) is 5.38 Å². The molecule has 0 saturated carbocycles. The number of carboxylic acids is 2. The highest BCUT2D eigenvalue weighted by molar-refractivity contribution is 7.13. The van der Waals surface area contributed by atoms with Gasteiger partial charge in [0.25, 0.3) is 0 Å². The zero-order chi connectivity index (χ0) is 12.1. The largest absolute Gasteiger partial charge is 0.481 e. The summed E-state index contributed by atoms with van der Waals surface area (Å²) in [6.07, 6.45) is 0.283. The standard InChI is InChI=1S/C9H12N2O4S/c1-2-5-4-16-9(10-5)11-6(8(14)15)3-7(12)13/h4,6H,2-3H2,1H3,(H,10,11)(H,12,13)(H,14,15). The van der Waals surface area contributed by atoms with E-state index >= 15 is 0 Å². The molecule has 0 aromatic carbocycles. The van der Waals surface area contributed by atoms with Gasteiger partial charge in [-0.05, 0) is 6.42 Å². The zero-order valence-corrected chi connectivity index (χ0v) is 9.45. The lowest BCUT2D eigenvalue weighted by Gasteiger charge is -2.10. The number of thiazole rings is 1. The van der Waals surface area contributed by atoms with Gasteiger partial charge < -0.3 is 15.5 Å². The highest BCUT2D eigenvalue weighted by Crippen LogP contribution is 2.17. The molecule has 0 aliphatic carbocycles. The molecule has 1 heterocycles. The van der Waals surface area contributed by atoms with Crippen molar-refractivity contribution in [1.29, 1.82) is 0 Å². The predicted octanol–water partition coefficient (Wildman–Crippen LogP) is 1.05. The molecule has 1 aromatic rings. The van der Waals surface area contributed by atoms with Gasteiger partial charge in [-0.25, -0.2) is 9.78 Å². The first-order valence-corrected chi connectivity index (χ1v) is 5.56. The average Bonchev–Trinajstić information content (AvgIpc) is 2.63. The third-order valence-corrected chi connectivity index (χ3v) is 2.71. The number of nitrogens with one attached hydrogen (secondary N) is 1. The molecule has 7 heteroatoms. The van der Waals surface area contributed by atoms with Gasteiger partial charge in [0.05, 0.1) is 12.1 Å². The van der Waals surface area contributed by atoms with Crippen LogP contribution in [0.1, 0.15) is 19.0 Å². The first-order chi connectivity index (χ1) is 7.52. The molecule has 88 valence electrons. The molecular weight excluding hydrogens is 232 g/mol. The Kier molecular flexibility index (Phi) is 4.24. The number of anilines is 1. The van der Waals surface area contributed by atoms with Gasteiger partial charge in [0.1, 0.15) is 6.04 Å². The molecule has 1 unspecified atom stereocenters. The van der Waals surface area contributed by atoms with E-state index in [0.717, 1.165) is 12.1 Å². The summed E-state index contributed by atoms with van der Waals surface area (Å²) in [5, 5.41) is 22.2. The number of aliphatic carboxylic acids is 2. The molecule has 3 N–H and O–H groups in total. The van der Waals surface area contributed by atoms with Crippen LogP contribution >= 0.6 is 11.3 Å². The summed E-state index contributed by atoms with van der Waals surface area (Å²) in [5.74, 6) is -2.36. The Bertz CT molecular complexity index is 391. The molecule has 0 radical (unpaired) electrons. The van der Waals surface area contributed by atoms with Crippen molar-refractivity contribution in [1.82, 2.24) is 4.98 Å². The van der Waals surface area contributed by atoms with Gasteiger partial charge in [-0.3, -0.25) is 4.79 Å². The van der Waals surface area contributed by atoms with Crippen LogP contribution in [-0.2, 0) is 16.0 Å². The van der Waals surface area contributed by atoms with E-state index in [1.807, 2.05) is 12.3 Å². The van der Waals surface area contributed by atoms with Crippen molar-refractivity contribution >= 4 is 28.4 Å². The minimum Gasteiger partial charge on any atom is -0.481 e. The van der Waals surface area contributed by atoms with Gasteiger partial charge in [0.15, 0.2) is 5.13 Å². The van der Waals surface area contributed by atoms with Crippen LogP contribution < -0.4 is 5.32 Å². The summed E-state index contributed by atoms with van der Waals surface area (Å²) in [5.41, 5.74) is 0.854. The number of carboxylic acid groups (broad SMARTS) is 2. The van der Waals surface area contributed by atoms with Crippen molar-refractivity contribution < 1.29 is 19.8 Å². The monoisotopic (exact) mass is 244 g/mol. The summed E-state index contributed by atoms with van der Waals surface area (Å²) in [6.45, 7) is 1.94. The molecular formula is C9H12N2O4S. The van der Waals surface area contributed by atoms with E-state index in [9.17, 15) is 9.59 Å². The van der Waals surface area contributed by atoms with E-state index in [1.165, 1.54) is 11.3 Å². The van der Waals surface area contributed by atoms with Crippen LogP contribution in [0.25, 0.3) is 0 Å². The van der Waals surface area contributed by atoms with E-state index < -0.39 is 24.4 Å². The Morgan fingerprint density at radius 2 is 2.25 bits per heavy atom. The van der Waals surface area contributed by atoms with Crippen LogP contribution in [0.5, 0.6) is 0 Å². The molecule has 1 rings (SSSR count). The van der Waals surface area contributed by atoms with Gasteiger partial charge in [0.2, 0.25) is 0 Å². The lowest BCUT2D eigenvalue weighted by molar-refractivity contribution is -0.144. The summed E-state index contributed by atoms with van der Waals surface area (Å²) < 4.78 is 0. The van der Waals surface area contributed by atoms with Crippen molar-refractivity contribution in [2.75, 3.05) is 5.32 Å². The second-order valence-corrected chi connectivity index (χ2v) is 3.99. The van der Waals surface area contributed by atoms with E-state index in [2.05, 4.69) is 10.3 Å². The number of hydrogen-bond donors (Lipinski definition) is 3. The molecule has 0 fully saturated rings. The highest BCUT2D eigenvalue weighted by Gasteiger charge is 2.21. The molecule has 0 spiro atoms. The summed E-state index contributed by atoms with van der Waals surface area (Å²) in [6, 6.07) is -1.15. The number of aromatic nitrogens is 1. The van der Waals surface area contributed by atoms with Crippen molar-refractivity contribution in [2.45, 2.75) is 25.8 Å². The van der Waals surface area contributed by atoms with Crippen LogP contribution in [0.15, 0.2) is 5.38 Å². The molecule has 0 amide bonds. The second kappa shape index (κ2) is 5.45. The number of hydrogen-bond acceptors (Lipinski definition) is 5. The number of rotatable bonds is 6. The maximum atomic E-state index is 10.8. The van der Waals surface area contributed by atoms with Crippen molar-refractivity contribution in [2.24, 2.45) is 0 Å². The fraction of sp³-hybridized carbons (Fsp3) is 0.444. The lowest BCUT2D eigenvalue weighted by atomic mass is 10.2. The Balaban J connectivity index is 2.67. The first-order valence-electron chi connectivity index (χ1n) is 4.68. The second-order valence-electron chi connectivity index (χ2n) is 3.13. The van der Waals surface area contributed by atoms with Gasteiger partial charge in [-0.15, -0.1) is 11.3 Å². The van der Waals surface area contributed by atoms with Crippen LogP contribution in [0, 0.1) is 0 Å². The molecule has 1 atom stereocenters. The summed E-state index contributed by atoms with van der Waals surface area (Å²) in [7, 11) is 0. The molecule has 16 heavy (non-hydrogen) atoms. The first kappa shape index (κ1) is 12.4. The summed E-state index contributed by atoms with van der Waals surface area (Å²) in [4.78, 5) is 25.3. The SMILES string of the molecule is CCc1csc(NC(CC(=O)O)C(=O)O)n1. The van der Waals surface area contributed by atoms with Crippen LogP contribution in [-0.4, -0.2) is 33.2 Å². The third-order valence-electron chi connectivity index (χ3n) is 1.89. The van der Waals surface area contributed by atoms with Crippen LogP contribution in [0.4, 0.5) is 5.13 Å². The average molecular weight is 244 g/mol. The van der Waals surface area contributed by atoms with Crippen LogP contribution in [0.2, 0.25) is 0 Å². The molecule has 0 aliphatic rings. The number of aryl methyl sites for hydroxylation is 1. The molecule has 1 aromatic heterocycles. The Hall–Kier alpha value is -1.63. The summed E-state index contributed by atoms with van der Waals surface area (Å²) >= 11 is 1.27. The molecule has 6 nitrogen and oxygen atoms in total. The normalized spacial score (nSPS) is 12.1. The van der Waals surface area contributed by atoms with Gasteiger partial charge >= 0.3 is 11.9 Å². The Labute approximate surface area is 95.9 Å².